The van der Waals surface area contributed by atoms with Gasteiger partial charge in [0.1, 0.15) is 0 Å². The molecule has 2 fully saturated rings. The van der Waals surface area contributed by atoms with Crippen molar-refractivity contribution in [2.75, 3.05) is 19.6 Å². The molecule has 0 aromatic heterocycles. The van der Waals surface area contributed by atoms with Crippen LogP contribution in [-0.4, -0.2) is 35.6 Å². The van der Waals surface area contributed by atoms with Crippen LogP contribution in [-0.2, 0) is 0 Å². The maximum Gasteiger partial charge on any atom is 0.0338 e. The summed E-state index contributed by atoms with van der Waals surface area (Å²) >= 11 is 0. The lowest BCUT2D eigenvalue weighted by molar-refractivity contribution is 0.0215. The molecule has 0 amide bonds. The van der Waals surface area contributed by atoms with Gasteiger partial charge in [0, 0.05) is 30.7 Å². The van der Waals surface area contributed by atoms with Gasteiger partial charge in [-0.3, -0.25) is 4.90 Å². The smallest absolute Gasteiger partial charge is 0.0338 e. The van der Waals surface area contributed by atoms with Crippen LogP contribution in [0.5, 0.6) is 0 Å². The molecule has 2 heteroatoms. The molecule has 1 heterocycles. The van der Waals surface area contributed by atoms with E-state index in [4.69, 9.17) is 0 Å². The molecule has 1 aliphatic carbocycles. The zero-order chi connectivity index (χ0) is 12.4. The normalized spacial score (nSPS) is 33.8. The first kappa shape index (κ1) is 13.1. The van der Waals surface area contributed by atoms with Gasteiger partial charge in [0.2, 0.25) is 0 Å². The Morgan fingerprint density at radius 2 is 2.00 bits per heavy atom. The number of hydrogen-bond acceptors (Lipinski definition) is 2. The topological polar surface area (TPSA) is 15.3 Å². The molecular weight excluding hydrogens is 208 g/mol. The minimum Gasteiger partial charge on any atom is -0.308 e. The standard InChI is InChI=1S/C15H28N2/c1-4-6-11-17-13-14(3,5-2)16-12-15(17)9-7-8-10-15/h4,6,16H,5,7-13H2,1-3H3/b6-4+. The van der Waals surface area contributed by atoms with Crippen LogP contribution in [0.15, 0.2) is 12.2 Å². The second-order valence-corrected chi connectivity index (χ2v) is 6.15. The Balaban J connectivity index is 2.12. The Morgan fingerprint density at radius 3 is 2.59 bits per heavy atom. The van der Waals surface area contributed by atoms with E-state index in [1.807, 2.05) is 0 Å². The molecule has 1 unspecified atom stereocenters. The summed E-state index contributed by atoms with van der Waals surface area (Å²) in [5.41, 5.74) is 0.781. The quantitative estimate of drug-likeness (QED) is 0.758. The molecule has 1 atom stereocenters. The van der Waals surface area contributed by atoms with Crippen LogP contribution >= 0.6 is 0 Å². The fourth-order valence-electron chi connectivity index (χ4n) is 3.39. The summed E-state index contributed by atoms with van der Waals surface area (Å²) in [5.74, 6) is 0. The molecule has 1 saturated heterocycles. The van der Waals surface area contributed by atoms with E-state index in [1.165, 1.54) is 45.2 Å². The van der Waals surface area contributed by atoms with Gasteiger partial charge in [-0.15, -0.1) is 0 Å². The minimum atomic E-state index is 0.315. The van der Waals surface area contributed by atoms with Gasteiger partial charge in [-0.05, 0) is 33.1 Å². The van der Waals surface area contributed by atoms with Crippen molar-refractivity contribution in [3.63, 3.8) is 0 Å². The molecule has 1 spiro atoms. The van der Waals surface area contributed by atoms with Crippen LogP contribution in [0.3, 0.4) is 0 Å². The third-order valence-corrected chi connectivity index (χ3v) is 4.93. The largest absolute Gasteiger partial charge is 0.308 e. The Labute approximate surface area is 106 Å². The van der Waals surface area contributed by atoms with Gasteiger partial charge in [-0.25, -0.2) is 0 Å². The highest BCUT2D eigenvalue weighted by atomic mass is 15.3. The van der Waals surface area contributed by atoms with E-state index < -0.39 is 0 Å². The Kier molecular flexibility index (Phi) is 3.94. The van der Waals surface area contributed by atoms with E-state index in [2.05, 4.69) is 43.1 Å². The molecular formula is C15H28N2. The molecule has 0 radical (unpaired) electrons. The highest BCUT2D eigenvalue weighted by Crippen LogP contribution is 2.38. The molecule has 0 aromatic rings. The lowest BCUT2D eigenvalue weighted by Crippen LogP contribution is -2.68. The summed E-state index contributed by atoms with van der Waals surface area (Å²) in [4.78, 5) is 2.75. The van der Waals surface area contributed by atoms with Crippen LogP contribution < -0.4 is 5.32 Å². The van der Waals surface area contributed by atoms with Crippen LogP contribution in [0, 0.1) is 0 Å². The summed E-state index contributed by atoms with van der Waals surface area (Å²) in [5, 5.41) is 3.82. The maximum absolute atomic E-state index is 3.82. The predicted octanol–water partition coefficient (Wildman–Crippen LogP) is 2.95. The molecule has 0 aromatic carbocycles. The second-order valence-electron chi connectivity index (χ2n) is 6.15. The molecule has 2 aliphatic rings. The van der Waals surface area contributed by atoms with Crippen LogP contribution in [0.1, 0.15) is 52.9 Å². The first-order valence-electron chi connectivity index (χ1n) is 7.25. The molecule has 2 rings (SSSR count). The van der Waals surface area contributed by atoms with E-state index in [0.29, 0.717) is 11.1 Å². The summed E-state index contributed by atoms with van der Waals surface area (Å²) in [6.45, 7) is 10.3. The third kappa shape index (κ3) is 2.58. The van der Waals surface area contributed by atoms with Gasteiger partial charge < -0.3 is 5.32 Å². The predicted molar refractivity (Wildman–Crippen MR) is 74.3 cm³/mol. The van der Waals surface area contributed by atoms with E-state index in [0.717, 1.165) is 6.54 Å². The summed E-state index contributed by atoms with van der Waals surface area (Å²) in [6, 6.07) is 0. The fraction of sp³-hybridized carbons (Fsp3) is 0.867. The highest BCUT2D eigenvalue weighted by Gasteiger charge is 2.45. The van der Waals surface area contributed by atoms with Crippen molar-refractivity contribution in [1.29, 1.82) is 0 Å². The van der Waals surface area contributed by atoms with Crippen molar-refractivity contribution in [2.45, 2.75) is 64.0 Å². The zero-order valence-corrected chi connectivity index (χ0v) is 11.8. The first-order valence-corrected chi connectivity index (χ1v) is 7.25. The number of piperazine rings is 1. The van der Waals surface area contributed by atoms with Gasteiger partial charge in [-0.2, -0.15) is 0 Å². The van der Waals surface area contributed by atoms with Gasteiger partial charge in [0.15, 0.2) is 0 Å². The minimum absolute atomic E-state index is 0.315. The first-order chi connectivity index (χ1) is 8.14. The van der Waals surface area contributed by atoms with Crippen molar-refractivity contribution in [3.8, 4) is 0 Å². The second kappa shape index (κ2) is 5.11. The lowest BCUT2D eigenvalue weighted by atomic mass is 9.85. The fourth-order valence-corrected chi connectivity index (χ4v) is 3.39. The van der Waals surface area contributed by atoms with Crippen LogP contribution in [0.25, 0.3) is 0 Å². The maximum atomic E-state index is 3.82. The number of nitrogens with zero attached hydrogens (tertiary/aromatic N) is 1. The highest BCUT2D eigenvalue weighted by molar-refractivity contribution is 5.07. The van der Waals surface area contributed by atoms with Crippen LogP contribution in [0.2, 0.25) is 0 Å². The van der Waals surface area contributed by atoms with Gasteiger partial charge in [0.25, 0.3) is 0 Å². The summed E-state index contributed by atoms with van der Waals surface area (Å²) in [7, 11) is 0. The van der Waals surface area contributed by atoms with Gasteiger partial charge >= 0.3 is 0 Å². The molecule has 17 heavy (non-hydrogen) atoms. The molecule has 0 bridgehead atoms. The molecule has 1 aliphatic heterocycles. The summed E-state index contributed by atoms with van der Waals surface area (Å²) in [6.07, 6.45) is 11.3. The molecule has 1 N–H and O–H groups in total. The van der Waals surface area contributed by atoms with Crippen molar-refractivity contribution in [3.05, 3.63) is 12.2 Å². The Hall–Kier alpha value is -0.340. The van der Waals surface area contributed by atoms with Crippen molar-refractivity contribution in [1.82, 2.24) is 10.2 Å². The third-order valence-electron chi connectivity index (χ3n) is 4.93. The van der Waals surface area contributed by atoms with E-state index in [1.54, 1.807) is 0 Å². The van der Waals surface area contributed by atoms with E-state index >= 15 is 0 Å². The number of hydrogen-bond donors (Lipinski definition) is 1. The number of allylic oxidation sites excluding steroid dienone is 1. The summed E-state index contributed by atoms with van der Waals surface area (Å²) < 4.78 is 0. The van der Waals surface area contributed by atoms with Gasteiger partial charge in [-0.1, -0.05) is 31.9 Å². The Bertz CT molecular complexity index is 279. The average Bonchev–Trinajstić information content (AvgIpc) is 2.81. The van der Waals surface area contributed by atoms with E-state index in [-0.39, 0.29) is 0 Å². The zero-order valence-electron chi connectivity index (χ0n) is 11.8. The molecule has 1 saturated carbocycles. The van der Waals surface area contributed by atoms with E-state index in [9.17, 15) is 0 Å². The average molecular weight is 236 g/mol. The van der Waals surface area contributed by atoms with Crippen molar-refractivity contribution >= 4 is 0 Å². The van der Waals surface area contributed by atoms with Crippen molar-refractivity contribution in [2.24, 2.45) is 0 Å². The molecule has 2 nitrogen and oxygen atoms in total. The van der Waals surface area contributed by atoms with Gasteiger partial charge in [0.05, 0.1) is 0 Å². The monoisotopic (exact) mass is 236 g/mol. The Morgan fingerprint density at radius 1 is 1.29 bits per heavy atom. The van der Waals surface area contributed by atoms with Crippen LogP contribution in [0.4, 0.5) is 0 Å². The number of rotatable bonds is 3. The lowest BCUT2D eigenvalue weighted by Gasteiger charge is -2.52. The molecule has 98 valence electrons. The van der Waals surface area contributed by atoms with Crippen molar-refractivity contribution < 1.29 is 0 Å². The SMILES string of the molecule is C/C=C/CN1CC(C)(CC)NCC12CCCC2. The number of nitrogens with one attached hydrogen (secondary N) is 1.